The third-order valence-electron chi connectivity index (χ3n) is 5.32. The molecule has 2 aromatic carbocycles. The third-order valence-corrected chi connectivity index (χ3v) is 7.97. The second-order valence-corrected chi connectivity index (χ2v) is 12.2. The van der Waals surface area contributed by atoms with Crippen molar-refractivity contribution in [1.82, 2.24) is 9.29 Å². The minimum Gasteiger partial charge on any atom is -0.459 e. The zero-order valence-corrected chi connectivity index (χ0v) is 21.6. The Morgan fingerprint density at radius 3 is 2.49 bits per heavy atom. The Morgan fingerprint density at radius 2 is 1.80 bits per heavy atom. The van der Waals surface area contributed by atoms with Crippen LogP contribution in [0.25, 0.3) is 10.1 Å². The van der Waals surface area contributed by atoms with Gasteiger partial charge in [-0.1, -0.05) is 42.5 Å². The van der Waals surface area contributed by atoms with Gasteiger partial charge in [-0.25, -0.2) is 13.2 Å². The number of ether oxygens (including phenoxy) is 1. The van der Waals surface area contributed by atoms with Crippen molar-refractivity contribution in [2.45, 2.75) is 44.7 Å². The number of esters is 1. The number of nitrogens with zero attached hydrogens (tertiary/aromatic N) is 2. The largest absolute Gasteiger partial charge is 0.459 e. The van der Waals surface area contributed by atoms with Gasteiger partial charge >= 0.3 is 5.97 Å². The number of carbonyl (C=O) groups excluding carboxylic acids is 1. The molecular formula is C27H28N2O4S2. The number of thiophene rings is 1. The lowest BCUT2D eigenvalue weighted by molar-refractivity contribution is -0.160. The fourth-order valence-corrected chi connectivity index (χ4v) is 6.25. The second-order valence-electron chi connectivity index (χ2n) is 9.30. The van der Waals surface area contributed by atoms with Crippen LogP contribution in [-0.2, 0) is 31.9 Å². The van der Waals surface area contributed by atoms with Gasteiger partial charge in [0.1, 0.15) is 11.6 Å². The van der Waals surface area contributed by atoms with Gasteiger partial charge in [0.2, 0.25) is 10.0 Å². The average Bonchev–Trinajstić information content (AvgIpc) is 3.26. The molecular weight excluding hydrogens is 480 g/mol. The fraction of sp³-hybridized carbons (Fsp3) is 0.259. The number of fused-ring (bicyclic) bond motifs is 1. The lowest BCUT2D eigenvalue weighted by atomic mass is 10.1. The zero-order chi connectivity index (χ0) is 25.1. The highest BCUT2D eigenvalue weighted by molar-refractivity contribution is 7.88. The van der Waals surface area contributed by atoms with E-state index in [0.29, 0.717) is 16.7 Å². The van der Waals surface area contributed by atoms with Crippen LogP contribution in [0, 0.1) is 0 Å². The number of rotatable bonds is 8. The number of sulfonamides is 1. The summed E-state index contributed by atoms with van der Waals surface area (Å²) in [4.78, 5) is 17.6. The summed E-state index contributed by atoms with van der Waals surface area (Å²) in [6.07, 6.45) is 3.23. The molecule has 0 unspecified atom stereocenters. The van der Waals surface area contributed by atoms with Crippen molar-refractivity contribution in [1.29, 1.82) is 0 Å². The maximum atomic E-state index is 14.0. The van der Waals surface area contributed by atoms with Crippen LogP contribution in [0.2, 0.25) is 0 Å². The van der Waals surface area contributed by atoms with E-state index in [4.69, 9.17) is 4.74 Å². The first-order valence-corrected chi connectivity index (χ1v) is 13.7. The summed E-state index contributed by atoms with van der Waals surface area (Å²) in [5.74, 6) is -0.866. The first kappa shape index (κ1) is 25.0. The Kier molecular flexibility index (Phi) is 7.35. The lowest BCUT2D eigenvalue weighted by Gasteiger charge is -2.32. The number of hydrogen-bond donors (Lipinski definition) is 0. The van der Waals surface area contributed by atoms with Crippen LogP contribution in [0.15, 0.2) is 84.5 Å². The molecule has 35 heavy (non-hydrogen) atoms. The highest BCUT2D eigenvalue weighted by atomic mass is 32.2. The summed E-state index contributed by atoms with van der Waals surface area (Å²) < 4.78 is 36.0. The van der Waals surface area contributed by atoms with Crippen LogP contribution in [0.1, 0.15) is 43.5 Å². The molecule has 0 radical (unpaired) electrons. The summed E-state index contributed by atoms with van der Waals surface area (Å²) in [5, 5.41) is 2.97. The van der Waals surface area contributed by atoms with E-state index in [1.165, 1.54) is 4.31 Å². The number of hydrogen-bond acceptors (Lipinski definition) is 6. The standard InChI is InChI=1S/C27H28N2O4S2/c1-27(2,3)33-26(30)25(22-9-5-4-6-10-22)29(18-21-8-7-14-28-17-21)35(31,32)19-20-11-12-24-23(16-20)13-15-34-24/h4-17,25H,18-19H2,1-3H3/t25-/m1/s1. The molecule has 0 aliphatic rings. The van der Waals surface area contributed by atoms with Gasteiger partial charge in [-0.15, -0.1) is 11.3 Å². The first-order chi connectivity index (χ1) is 16.6. The van der Waals surface area contributed by atoms with E-state index in [9.17, 15) is 13.2 Å². The Morgan fingerprint density at radius 1 is 1.03 bits per heavy atom. The summed E-state index contributed by atoms with van der Waals surface area (Å²) in [5.41, 5.74) is 1.09. The van der Waals surface area contributed by atoms with Crippen molar-refractivity contribution < 1.29 is 17.9 Å². The predicted octanol–water partition coefficient (Wildman–Crippen LogP) is 5.71. The quantitative estimate of drug-likeness (QED) is 0.285. The zero-order valence-electron chi connectivity index (χ0n) is 19.9. The van der Waals surface area contributed by atoms with Crippen LogP contribution in [-0.4, -0.2) is 29.3 Å². The molecule has 0 bridgehead atoms. The first-order valence-electron chi connectivity index (χ1n) is 11.2. The Labute approximate surface area is 210 Å². The molecule has 0 aliphatic carbocycles. The Hall–Kier alpha value is -3.07. The molecule has 0 fully saturated rings. The van der Waals surface area contributed by atoms with Crippen LogP contribution in [0.3, 0.4) is 0 Å². The fourth-order valence-electron chi connectivity index (χ4n) is 3.83. The van der Waals surface area contributed by atoms with Gasteiger partial charge in [0.25, 0.3) is 0 Å². The smallest absolute Gasteiger partial charge is 0.329 e. The molecule has 4 aromatic rings. The monoisotopic (exact) mass is 508 g/mol. The van der Waals surface area contributed by atoms with Crippen molar-refractivity contribution in [3.05, 3.63) is 101 Å². The minimum absolute atomic E-state index is 0.0182. The van der Waals surface area contributed by atoms with Gasteiger partial charge in [-0.3, -0.25) is 4.98 Å². The molecule has 0 saturated carbocycles. The van der Waals surface area contributed by atoms with E-state index >= 15 is 0 Å². The minimum atomic E-state index is -3.97. The number of carbonyl (C=O) groups is 1. The summed E-state index contributed by atoms with van der Waals surface area (Å²) >= 11 is 1.61. The summed E-state index contributed by atoms with van der Waals surface area (Å²) in [6.45, 7) is 5.28. The van der Waals surface area contributed by atoms with Crippen molar-refractivity contribution in [2.24, 2.45) is 0 Å². The van der Waals surface area contributed by atoms with E-state index in [1.54, 1.807) is 80.9 Å². The third kappa shape index (κ3) is 6.33. The average molecular weight is 509 g/mol. The van der Waals surface area contributed by atoms with E-state index < -0.39 is 27.6 Å². The molecule has 6 nitrogen and oxygen atoms in total. The SMILES string of the molecule is CC(C)(C)OC(=O)[C@@H](c1ccccc1)N(Cc1cccnc1)S(=O)(=O)Cc1ccc2sccc2c1. The molecule has 0 N–H and O–H groups in total. The van der Waals surface area contributed by atoms with Crippen LogP contribution in [0.5, 0.6) is 0 Å². The molecule has 2 heterocycles. The number of aromatic nitrogens is 1. The van der Waals surface area contributed by atoms with Crippen LogP contribution >= 0.6 is 11.3 Å². The van der Waals surface area contributed by atoms with Crippen molar-refractivity contribution >= 4 is 37.4 Å². The molecule has 0 spiro atoms. The van der Waals surface area contributed by atoms with Crippen LogP contribution in [0.4, 0.5) is 0 Å². The molecule has 4 rings (SSSR count). The second kappa shape index (κ2) is 10.3. The van der Waals surface area contributed by atoms with E-state index in [0.717, 1.165) is 10.1 Å². The Bertz CT molecular complexity index is 1400. The van der Waals surface area contributed by atoms with Crippen molar-refractivity contribution in [3.63, 3.8) is 0 Å². The van der Waals surface area contributed by atoms with Crippen molar-refractivity contribution in [3.8, 4) is 0 Å². The number of benzene rings is 2. The van der Waals surface area contributed by atoms with E-state index in [-0.39, 0.29) is 12.3 Å². The van der Waals surface area contributed by atoms with Gasteiger partial charge < -0.3 is 4.74 Å². The van der Waals surface area contributed by atoms with Gasteiger partial charge in [0, 0.05) is 23.6 Å². The predicted molar refractivity (Wildman–Crippen MR) is 139 cm³/mol. The Balaban J connectivity index is 1.78. The molecule has 0 saturated heterocycles. The highest BCUT2D eigenvalue weighted by Gasteiger charge is 2.38. The van der Waals surface area contributed by atoms with Crippen molar-refractivity contribution in [2.75, 3.05) is 0 Å². The van der Waals surface area contributed by atoms with Gasteiger partial charge in [0.15, 0.2) is 0 Å². The maximum absolute atomic E-state index is 14.0. The van der Waals surface area contributed by atoms with Gasteiger partial charge in [-0.05, 0) is 72.5 Å². The van der Waals surface area contributed by atoms with Crippen LogP contribution < -0.4 is 0 Å². The normalized spacial score (nSPS) is 13.1. The topological polar surface area (TPSA) is 76.6 Å². The number of pyridine rings is 1. The van der Waals surface area contributed by atoms with E-state index in [1.807, 2.05) is 35.7 Å². The van der Waals surface area contributed by atoms with Gasteiger partial charge in [0.05, 0.1) is 5.75 Å². The lowest BCUT2D eigenvalue weighted by Crippen LogP contribution is -2.42. The molecule has 1 atom stereocenters. The van der Waals surface area contributed by atoms with Gasteiger partial charge in [-0.2, -0.15) is 4.31 Å². The highest BCUT2D eigenvalue weighted by Crippen LogP contribution is 2.31. The molecule has 2 aromatic heterocycles. The maximum Gasteiger partial charge on any atom is 0.329 e. The summed E-state index contributed by atoms with van der Waals surface area (Å²) in [7, 11) is -3.97. The molecule has 0 aliphatic heterocycles. The van der Waals surface area contributed by atoms with E-state index in [2.05, 4.69) is 4.98 Å². The molecule has 0 amide bonds. The molecule has 8 heteroatoms. The summed E-state index contributed by atoms with van der Waals surface area (Å²) in [6, 6.07) is 18.9. The molecule has 182 valence electrons.